The monoisotopic (exact) mass is 287 g/mol. The molecule has 4 nitrogen and oxygen atoms in total. The summed E-state index contributed by atoms with van der Waals surface area (Å²) >= 11 is 0. The standard InChI is InChI=1S/C17H21NO3/c1-3-19-14-5-7-15(8-6-14)20-10-11-21-17-9-4-13(2)12-16(17)18/h4-9,12H,3,10-11,18H2,1-2H3. The molecule has 21 heavy (non-hydrogen) atoms. The SMILES string of the molecule is CCOc1ccc(OCCOc2ccc(C)cc2N)cc1. The number of rotatable bonds is 7. The number of nitrogen functional groups attached to an aromatic ring is 1. The van der Waals surface area contributed by atoms with E-state index < -0.39 is 0 Å². The Morgan fingerprint density at radius 1 is 0.857 bits per heavy atom. The van der Waals surface area contributed by atoms with E-state index in [1.165, 1.54) is 0 Å². The second kappa shape index (κ2) is 7.43. The zero-order chi connectivity index (χ0) is 15.1. The van der Waals surface area contributed by atoms with Crippen molar-refractivity contribution in [2.24, 2.45) is 0 Å². The largest absolute Gasteiger partial charge is 0.494 e. The molecule has 0 atom stereocenters. The molecule has 112 valence electrons. The first-order chi connectivity index (χ1) is 10.2. The van der Waals surface area contributed by atoms with Crippen LogP contribution >= 0.6 is 0 Å². The summed E-state index contributed by atoms with van der Waals surface area (Å²) in [5, 5.41) is 0. The minimum atomic E-state index is 0.445. The van der Waals surface area contributed by atoms with E-state index in [1.807, 2.05) is 56.3 Å². The fourth-order valence-electron chi connectivity index (χ4n) is 1.91. The highest BCUT2D eigenvalue weighted by Gasteiger charge is 2.01. The number of anilines is 1. The van der Waals surface area contributed by atoms with Gasteiger partial charge in [-0.3, -0.25) is 0 Å². The molecule has 4 heteroatoms. The van der Waals surface area contributed by atoms with Gasteiger partial charge in [-0.15, -0.1) is 0 Å². The Balaban J connectivity index is 1.76. The van der Waals surface area contributed by atoms with E-state index in [4.69, 9.17) is 19.9 Å². The lowest BCUT2D eigenvalue weighted by molar-refractivity contribution is 0.217. The summed E-state index contributed by atoms with van der Waals surface area (Å²) < 4.78 is 16.6. The van der Waals surface area contributed by atoms with Crippen molar-refractivity contribution in [2.75, 3.05) is 25.6 Å². The van der Waals surface area contributed by atoms with Gasteiger partial charge in [-0.05, 0) is 55.8 Å². The molecular formula is C17H21NO3. The number of ether oxygens (including phenoxy) is 3. The van der Waals surface area contributed by atoms with Crippen LogP contribution in [0.25, 0.3) is 0 Å². The van der Waals surface area contributed by atoms with Crippen molar-refractivity contribution in [3.8, 4) is 17.2 Å². The van der Waals surface area contributed by atoms with E-state index >= 15 is 0 Å². The van der Waals surface area contributed by atoms with Crippen LogP contribution in [0.15, 0.2) is 42.5 Å². The average molecular weight is 287 g/mol. The minimum absolute atomic E-state index is 0.445. The lowest BCUT2D eigenvalue weighted by Gasteiger charge is -2.11. The van der Waals surface area contributed by atoms with Gasteiger partial charge in [0.05, 0.1) is 12.3 Å². The summed E-state index contributed by atoms with van der Waals surface area (Å²) in [5.74, 6) is 2.32. The second-order valence-corrected chi connectivity index (χ2v) is 4.64. The summed E-state index contributed by atoms with van der Waals surface area (Å²) in [6.45, 7) is 5.52. The maximum absolute atomic E-state index is 5.88. The summed E-state index contributed by atoms with van der Waals surface area (Å²) in [7, 11) is 0. The van der Waals surface area contributed by atoms with Gasteiger partial charge in [0.1, 0.15) is 30.5 Å². The van der Waals surface area contributed by atoms with Gasteiger partial charge < -0.3 is 19.9 Å². The van der Waals surface area contributed by atoms with E-state index in [0.29, 0.717) is 31.3 Å². The number of hydrogen-bond acceptors (Lipinski definition) is 4. The van der Waals surface area contributed by atoms with Crippen molar-refractivity contribution >= 4 is 5.69 Å². The van der Waals surface area contributed by atoms with Crippen molar-refractivity contribution in [1.82, 2.24) is 0 Å². The van der Waals surface area contributed by atoms with Crippen LogP contribution in [-0.2, 0) is 0 Å². The maximum atomic E-state index is 5.88. The first-order valence-electron chi connectivity index (χ1n) is 7.03. The van der Waals surface area contributed by atoms with Crippen LogP contribution < -0.4 is 19.9 Å². The molecule has 0 bridgehead atoms. The predicted octanol–water partition coefficient (Wildman–Crippen LogP) is 3.43. The maximum Gasteiger partial charge on any atom is 0.142 e. The highest BCUT2D eigenvalue weighted by molar-refractivity contribution is 5.54. The van der Waals surface area contributed by atoms with Gasteiger partial charge in [0.25, 0.3) is 0 Å². The normalized spacial score (nSPS) is 10.2. The number of aryl methyl sites for hydroxylation is 1. The Bertz CT molecular complexity index is 567. The predicted molar refractivity (Wildman–Crippen MR) is 84.2 cm³/mol. The van der Waals surface area contributed by atoms with Gasteiger partial charge in [-0.25, -0.2) is 0 Å². The molecule has 0 spiro atoms. The van der Waals surface area contributed by atoms with E-state index in [2.05, 4.69) is 0 Å². The Morgan fingerprint density at radius 3 is 2.10 bits per heavy atom. The van der Waals surface area contributed by atoms with Crippen LogP contribution in [0.2, 0.25) is 0 Å². The molecule has 0 radical (unpaired) electrons. The molecule has 0 amide bonds. The van der Waals surface area contributed by atoms with Crippen LogP contribution in [0, 0.1) is 6.92 Å². The molecule has 0 aliphatic rings. The smallest absolute Gasteiger partial charge is 0.142 e. The van der Waals surface area contributed by atoms with Crippen molar-refractivity contribution in [3.05, 3.63) is 48.0 Å². The van der Waals surface area contributed by atoms with Gasteiger partial charge in [-0.2, -0.15) is 0 Å². The molecule has 0 heterocycles. The van der Waals surface area contributed by atoms with Crippen LogP contribution in [0.4, 0.5) is 5.69 Å². The Labute approximate surface area is 125 Å². The summed E-state index contributed by atoms with van der Waals surface area (Å²) in [6, 6.07) is 13.3. The molecule has 0 fully saturated rings. The highest BCUT2D eigenvalue weighted by atomic mass is 16.5. The highest BCUT2D eigenvalue weighted by Crippen LogP contribution is 2.22. The first kappa shape index (κ1) is 15.0. The third-order valence-electron chi connectivity index (χ3n) is 2.91. The van der Waals surface area contributed by atoms with Gasteiger partial charge >= 0.3 is 0 Å². The molecule has 2 aromatic rings. The first-order valence-corrected chi connectivity index (χ1v) is 7.03. The Morgan fingerprint density at radius 2 is 1.48 bits per heavy atom. The van der Waals surface area contributed by atoms with Crippen molar-refractivity contribution in [3.63, 3.8) is 0 Å². The average Bonchev–Trinajstić information content (AvgIpc) is 2.47. The van der Waals surface area contributed by atoms with Gasteiger partial charge in [0.2, 0.25) is 0 Å². The van der Waals surface area contributed by atoms with E-state index in [-0.39, 0.29) is 0 Å². The Kier molecular flexibility index (Phi) is 5.32. The van der Waals surface area contributed by atoms with E-state index in [9.17, 15) is 0 Å². The summed E-state index contributed by atoms with van der Waals surface area (Å²) in [4.78, 5) is 0. The fraction of sp³-hybridized carbons (Fsp3) is 0.294. The molecule has 0 aliphatic heterocycles. The van der Waals surface area contributed by atoms with Gasteiger partial charge in [-0.1, -0.05) is 6.07 Å². The number of benzene rings is 2. The van der Waals surface area contributed by atoms with Gasteiger partial charge in [0, 0.05) is 0 Å². The van der Waals surface area contributed by atoms with Crippen LogP contribution in [0.3, 0.4) is 0 Å². The summed E-state index contributed by atoms with van der Waals surface area (Å²) in [6.07, 6.45) is 0. The number of nitrogens with two attached hydrogens (primary N) is 1. The number of hydrogen-bond donors (Lipinski definition) is 1. The second-order valence-electron chi connectivity index (χ2n) is 4.64. The fourth-order valence-corrected chi connectivity index (χ4v) is 1.91. The lowest BCUT2D eigenvalue weighted by atomic mass is 10.2. The third kappa shape index (κ3) is 4.60. The topological polar surface area (TPSA) is 53.7 Å². The molecule has 2 rings (SSSR count). The van der Waals surface area contributed by atoms with Crippen molar-refractivity contribution in [2.45, 2.75) is 13.8 Å². The molecular weight excluding hydrogens is 266 g/mol. The summed E-state index contributed by atoms with van der Waals surface area (Å²) in [5.41, 5.74) is 7.65. The minimum Gasteiger partial charge on any atom is -0.494 e. The zero-order valence-electron chi connectivity index (χ0n) is 12.5. The molecule has 0 aromatic heterocycles. The van der Waals surface area contributed by atoms with E-state index in [1.54, 1.807) is 0 Å². The third-order valence-corrected chi connectivity index (χ3v) is 2.91. The molecule has 0 unspecified atom stereocenters. The van der Waals surface area contributed by atoms with Crippen LogP contribution in [-0.4, -0.2) is 19.8 Å². The quantitative estimate of drug-likeness (QED) is 0.626. The zero-order valence-corrected chi connectivity index (χ0v) is 12.5. The van der Waals surface area contributed by atoms with Crippen LogP contribution in [0.5, 0.6) is 17.2 Å². The lowest BCUT2D eigenvalue weighted by Crippen LogP contribution is -2.10. The Hall–Kier alpha value is -2.36. The van der Waals surface area contributed by atoms with Crippen LogP contribution in [0.1, 0.15) is 12.5 Å². The van der Waals surface area contributed by atoms with Crippen molar-refractivity contribution < 1.29 is 14.2 Å². The van der Waals surface area contributed by atoms with E-state index in [0.717, 1.165) is 17.1 Å². The molecule has 0 aliphatic carbocycles. The molecule has 0 saturated carbocycles. The van der Waals surface area contributed by atoms with Crippen molar-refractivity contribution in [1.29, 1.82) is 0 Å². The molecule has 2 N–H and O–H groups in total. The van der Waals surface area contributed by atoms with Gasteiger partial charge in [0.15, 0.2) is 0 Å². The molecule has 2 aromatic carbocycles. The molecule has 0 saturated heterocycles.